The minimum Gasteiger partial charge on any atom is -0.497 e. The van der Waals surface area contributed by atoms with Gasteiger partial charge in [0.05, 0.1) is 19.9 Å². The van der Waals surface area contributed by atoms with Gasteiger partial charge in [0.2, 0.25) is 0 Å². The van der Waals surface area contributed by atoms with E-state index in [2.05, 4.69) is 17.6 Å². The highest BCUT2D eigenvalue weighted by atomic mass is 32.1. The molecule has 1 aromatic carbocycles. The molecule has 0 aliphatic rings. The molecule has 22 heavy (non-hydrogen) atoms. The maximum Gasteiger partial charge on any atom is 0.170 e. The number of methoxy groups -OCH3 is 2. The van der Waals surface area contributed by atoms with Gasteiger partial charge >= 0.3 is 0 Å². The van der Waals surface area contributed by atoms with Crippen molar-refractivity contribution in [2.24, 2.45) is 0 Å². The Hall–Kier alpha value is -1.49. The van der Waals surface area contributed by atoms with Gasteiger partial charge in [-0.15, -0.1) is 0 Å². The Morgan fingerprint density at radius 2 is 1.77 bits per heavy atom. The smallest absolute Gasteiger partial charge is 0.170 e. The van der Waals surface area contributed by atoms with Crippen LogP contribution in [0, 0.1) is 0 Å². The van der Waals surface area contributed by atoms with Crippen molar-refractivity contribution < 1.29 is 9.47 Å². The van der Waals surface area contributed by atoms with Crippen molar-refractivity contribution in [3.63, 3.8) is 0 Å². The summed E-state index contributed by atoms with van der Waals surface area (Å²) in [5.74, 6) is 1.51. The van der Waals surface area contributed by atoms with Crippen molar-refractivity contribution in [3.05, 3.63) is 18.2 Å². The lowest BCUT2D eigenvalue weighted by Crippen LogP contribution is -2.29. The van der Waals surface area contributed by atoms with Crippen molar-refractivity contribution >= 4 is 23.0 Å². The molecule has 4 nitrogen and oxygen atoms in total. The van der Waals surface area contributed by atoms with E-state index in [1.54, 1.807) is 14.2 Å². The molecule has 0 unspecified atom stereocenters. The summed E-state index contributed by atoms with van der Waals surface area (Å²) in [6.07, 6.45) is 7.65. The van der Waals surface area contributed by atoms with Crippen molar-refractivity contribution in [1.29, 1.82) is 0 Å². The SMILES string of the molecule is CCCCCCCCNC(=S)Nc1cc(OC)ccc1OC. The van der Waals surface area contributed by atoms with Crippen LogP contribution in [-0.4, -0.2) is 25.9 Å². The predicted molar refractivity (Wildman–Crippen MR) is 97.1 cm³/mol. The van der Waals surface area contributed by atoms with Gasteiger partial charge in [-0.2, -0.15) is 0 Å². The fraction of sp³-hybridized carbons (Fsp3) is 0.588. The number of nitrogens with one attached hydrogen (secondary N) is 2. The van der Waals surface area contributed by atoms with Crippen LogP contribution in [0.15, 0.2) is 18.2 Å². The zero-order chi connectivity index (χ0) is 16.2. The molecule has 0 amide bonds. The number of rotatable bonds is 10. The Morgan fingerprint density at radius 3 is 2.45 bits per heavy atom. The van der Waals surface area contributed by atoms with Crippen LogP contribution in [0.25, 0.3) is 0 Å². The van der Waals surface area contributed by atoms with Gasteiger partial charge in [-0.1, -0.05) is 39.0 Å². The highest BCUT2D eigenvalue weighted by Gasteiger charge is 2.06. The first kappa shape index (κ1) is 18.6. The molecule has 0 fully saturated rings. The Bertz CT molecular complexity index is 452. The zero-order valence-corrected chi connectivity index (χ0v) is 14.7. The second kappa shape index (κ2) is 11.1. The van der Waals surface area contributed by atoms with Crippen molar-refractivity contribution in [2.75, 3.05) is 26.1 Å². The number of unbranched alkanes of at least 4 members (excludes halogenated alkanes) is 5. The maximum atomic E-state index is 5.32. The van der Waals surface area contributed by atoms with Gasteiger partial charge in [-0.25, -0.2) is 0 Å². The zero-order valence-electron chi connectivity index (χ0n) is 13.9. The minimum absolute atomic E-state index is 0.611. The average molecular weight is 324 g/mol. The van der Waals surface area contributed by atoms with Gasteiger partial charge < -0.3 is 20.1 Å². The van der Waals surface area contributed by atoms with Crippen LogP contribution in [0.2, 0.25) is 0 Å². The molecule has 0 radical (unpaired) electrons. The van der Waals surface area contributed by atoms with E-state index < -0.39 is 0 Å². The Morgan fingerprint density at radius 1 is 1.05 bits per heavy atom. The average Bonchev–Trinajstić information content (AvgIpc) is 2.54. The summed E-state index contributed by atoms with van der Waals surface area (Å²) in [7, 11) is 3.28. The number of thiocarbonyl (C=S) groups is 1. The van der Waals surface area contributed by atoms with E-state index in [0.717, 1.165) is 30.2 Å². The van der Waals surface area contributed by atoms with Crippen LogP contribution in [-0.2, 0) is 0 Å². The fourth-order valence-electron chi connectivity index (χ4n) is 2.19. The lowest BCUT2D eigenvalue weighted by Gasteiger charge is -2.14. The van der Waals surface area contributed by atoms with E-state index in [0.29, 0.717) is 5.11 Å². The highest BCUT2D eigenvalue weighted by Crippen LogP contribution is 2.28. The molecule has 124 valence electrons. The second-order valence-electron chi connectivity index (χ2n) is 5.21. The number of anilines is 1. The summed E-state index contributed by atoms with van der Waals surface area (Å²) in [5.41, 5.74) is 0.808. The molecular weight excluding hydrogens is 296 g/mol. The monoisotopic (exact) mass is 324 g/mol. The minimum atomic E-state index is 0.611. The fourth-order valence-corrected chi connectivity index (χ4v) is 2.40. The van der Waals surface area contributed by atoms with Crippen LogP contribution in [0.1, 0.15) is 45.4 Å². The Labute approximate surface area is 139 Å². The summed E-state index contributed by atoms with van der Waals surface area (Å²) < 4.78 is 10.5. The standard InChI is InChI=1S/C17H28N2O2S/c1-4-5-6-7-8-9-12-18-17(22)19-15-13-14(20-2)10-11-16(15)21-3/h10-11,13H,4-9,12H2,1-3H3,(H2,18,19,22). The second-order valence-corrected chi connectivity index (χ2v) is 5.62. The summed E-state index contributed by atoms with van der Waals surface area (Å²) in [4.78, 5) is 0. The third-order valence-electron chi connectivity index (χ3n) is 3.47. The van der Waals surface area contributed by atoms with E-state index in [1.165, 1.54) is 32.1 Å². The van der Waals surface area contributed by atoms with Crippen molar-refractivity contribution in [2.45, 2.75) is 45.4 Å². The van der Waals surface area contributed by atoms with Crippen LogP contribution in [0.3, 0.4) is 0 Å². The molecule has 0 heterocycles. The number of hydrogen-bond donors (Lipinski definition) is 2. The third-order valence-corrected chi connectivity index (χ3v) is 3.72. The van der Waals surface area contributed by atoms with Gasteiger partial charge in [-0.3, -0.25) is 0 Å². The molecule has 1 aromatic rings. The van der Waals surface area contributed by atoms with Crippen molar-refractivity contribution in [1.82, 2.24) is 5.32 Å². The lowest BCUT2D eigenvalue weighted by molar-refractivity contribution is 0.405. The van der Waals surface area contributed by atoms with Gasteiger partial charge in [0, 0.05) is 12.6 Å². The third kappa shape index (κ3) is 6.98. The normalized spacial score (nSPS) is 10.1. The molecule has 5 heteroatoms. The Balaban J connectivity index is 2.32. The van der Waals surface area contributed by atoms with E-state index in [4.69, 9.17) is 21.7 Å². The summed E-state index contributed by atoms with van der Waals surface area (Å²) in [5, 5.41) is 7.01. The molecule has 2 N–H and O–H groups in total. The van der Waals surface area contributed by atoms with E-state index in [-0.39, 0.29) is 0 Å². The van der Waals surface area contributed by atoms with Gasteiger partial charge in [0.1, 0.15) is 11.5 Å². The van der Waals surface area contributed by atoms with Gasteiger partial charge in [0.25, 0.3) is 0 Å². The summed E-state index contributed by atoms with van der Waals surface area (Å²) in [6.45, 7) is 3.13. The molecule has 0 bridgehead atoms. The van der Waals surface area contributed by atoms with Crippen LogP contribution >= 0.6 is 12.2 Å². The first-order valence-corrected chi connectivity index (χ1v) is 8.39. The van der Waals surface area contributed by atoms with Crippen LogP contribution in [0.5, 0.6) is 11.5 Å². The Kier molecular flexibility index (Phi) is 9.39. The molecular formula is C17H28N2O2S. The maximum absolute atomic E-state index is 5.32. The van der Waals surface area contributed by atoms with Crippen molar-refractivity contribution in [3.8, 4) is 11.5 Å². The molecule has 0 spiro atoms. The molecule has 0 saturated carbocycles. The molecule has 0 saturated heterocycles. The first-order chi connectivity index (χ1) is 10.7. The topological polar surface area (TPSA) is 42.5 Å². The number of ether oxygens (including phenoxy) is 2. The largest absolute Gasteiger partial charge is 0.497 e. The van der Waals surface area contributed by atoms with E-state index >= 15 is 0 Å². The molecule has 1 rings (SSSR count). The molecule has 0 atom stereocenters. The molecule has 0 aromatic heterocycles. The number of hydrogen-bond acceptors (Lipinski definition) is 3. The first-order valence-electron chi connectivity index (χ1n) is 7.98. The predicted octanol–water partition coefficient (Wildman–Crippen LogP) is 4.35. The molecule has 0 aliphatic heterocycles. The highest BCUT2D eigenvalue weighted by molar-refractivity contribution is 7.80. The molecule has 0 aliphatic carbocycles. The quantitative estimate of drug-likeness (QED) is 0.495. The lowest BCUT2D eigenvalue weighted by atomic mass is 10.1. The van der Waals surface area contributed by atoms with Gasteiger partial charge in [0.15, 0.2) is 5.11 Å². The van der Waals surface area contributed by atoms with Crippen LogP contribution in [0.4, 0.5) is 5.69 Å². The van der Waals surface area contributed by atoms with Crippen LogP contribution < -0.4 is 20.1 Å². The summed E-state index contributed by atoms with van der Waals surface area (Å²) >= 11 is 5.32. The van der Waals surface area contributed by atoms with E-state index in [9.17, 15) is 0 Å². The summed E-state index contributed by atoms with van der Waals surface area (Å²) in [6, 6.07) is 5.59. The van der Waals surface area contributed by atoms with E-state index in [1.807, 2.05) is 18.2 Å². The van der Waals surface area contributed by atoms with Gasteiger partial charge in [-0.05, 0) is 30.8 Å². The number of benzene rings is 1.